The maximum atomic E-state index is 12.6. The van der Waals surface area contributed by atoms with Crippen LogP contribution in [0, 0.1) is 0 Å². The molecule has 1 atom stereocenters. The van der Waals surface area contributed by atoms with Crippen LogP contribution in [0.1, 0.15) is 51.0 Å². The molecule has 0 N–H and O–H groups in total. The van der Waals surface area contributed by atoms with Gasteiger partial charge in [0.2, 0.25) is 17.6 Å². The van der Waals surface area contributed by atoms with Gasteiger partial charge in [0.05, 0.1) is 11.0 Å². The highest BCUT2D eigenvalue weighted by Crippen LogP contribution is 2.23. The number of amides is 1. The van der Waals surface area contributed by atoms with Crippen LogP contribution in [-0.4, -0.2) is 39.3 Å². The molecule has 26 heavy (non-hydrogen) atoms. The Hall–Kier alpha value is -1.82. The summed E-state index contributed by atoms with van der Waals surface area (Å²) in [5, 5.41) is 3.98. The van der Waals surface area contributed by atoms with Crippen LogP contribution in [0.3, 0.4) is 0 Å². The van der Waals surface area contributed by atoms with E-state index in [1.807, 2.05) is 24.0 Å². The van der Waals surface area contributed by atoms with E-state index in [0.29, 0.717) is 17.5 Å². The number of hydrogen-bond acceptors (Lipinski definition) is 5. The van der Waals surface area contributed by atoms with Gasteiger partial charge in [0.1, 0.15) is 0 Å². The first-order valence-corrected chi connectivity index (χ1v) is 10.5. The lowest BCUT2D eigenvalue weighted by Crippen LogP contribution is -2.37. The van der Waals surface area contributed by atoms with Gasteiger partial charge in [-0.3, -0.25) is 4.79 Å². The monoisotopic (exact) mass is 373 g/mol. The van der Waals surface area contributed by atoms with Crippen molar-refractivity contribution in [2.24, 2.45) is 0 Å². The van der Waals surface area contributed by atoms with Gasteiger partial charge in [0, 0.05) is 18.7 Å². The normalized spacial score (nSPS) is 16.3. The van der Waals surface area contributed by atoms with Gasteiger partial charge in [-0.1, -0.05) is 49.2 Å². The van der Waals surface area contributed by atoms with Crippen molar-refractivity contribution in [2.75, 3.05) is 13.1 Å². The van der Waals surface area contributed by atoms with E-state index in [-0.39, 0.29) is 11.2 Å². The zero-order valence-electron chi connectivity index (χ0n) is 15.6. The third kappa shape index (κ3) is 4.87. The standard InChI is InChI=1S/C20H27N3O2S/c1-3-16-8-10-17(11-9-16)19-21-18(25-22-19)14-26-15(2)20(24)23-12-6-4-5-7-13-23/h8-11,15H,3-7,12-14H2,1-2H3. The summed E-state index contributed by atoms with van der Waals surface area (Å²) in [4.78, 5) is 19.1. The van der Waals surface area contributed by atoms with Gasteiger partial charge in [0.25, 0.3) is 0 Å². The summed E-state index contributed by atoms with van der Waals surface area (Å²) < 4.78 is 5.36. The highest BCUT2D eigenvalue weighted by molar-refractivity contribution is 7.99. The van der Waals surface area contributed by atoms with Crippen molar-refractivity contribution in [3.63, 3.8) is 0 Å². The Morgan fingerprint density at radius 3 is 2.54 bits per heavy atom. The second-order valence-electron chi connectivity index (χ2n) is 6.75. The molecule has 0 saturated carbocycles. The fraction of sp³-hybridized carbons (Fsp3) is 0.550. The number of likely N-dealkylation sites (tertiary alicyclic amines) is 1. The predicted octanol–water partition coefficient (Wildman–Crippen LogP) is 4.32. The summed E-state index contributed by atoms with van der Waals surface area (Å²) in [5.41, 5.74) is 2.24. The zero-order valence-corrected chi connectivity index (χ0v) is 16.4. The number of thioether (sulfide) groups is 1. The van der Waals surface area contributed by atoms with Crippen LogP contribution in [0.5, 0.6) is 0 Å². The maximum absolute atomic E-state index is 12.6. The molecule has 140 valence electrons. The van der Waals surface area contributed by atoms with Crippen molar-refractivity contribution in [3.05, 3.63) is 35.7 Å². The van der Waals surface area contributed by atoms with Gasteiger partial charge in [-0.25, -0.2) is 0 Å². The first kappa shape index (κ1) is 19.0. The highest BCUT2D eigenvalue weighted by atomic mass is 32.2. The summed E-state index contributed by atoms with van der Waals surface area (Å²) >= 11 is 1.57. The molecule has 6 heteroatoms. The molecule has 0 spiro atoms. The fourth-order valence-electron chi connectivity index (χ4n) is 3.14. The average Bonchev–Trinajstić information content (AvgIpc) is 2.99. The number of aryl methyl sites for hydroxylation is 1. The molecular weight excluding hydrogens is 346 g/mol. The molecule has 1 fully saturated rings. The van der Waals surface area contributed by atoms with E-state index in [1.54, 1.807) is 11.8 Å². The largest absolute Gasteiger partial charge is 0.342 e. The molecule has 1 saturated heterocycles. The number of benzene rings is 1. The lowest BCUT2D eigenvalue weighted by molar-refractivity contribution is -0.130. The van der Waals surface area contributed by atoms with Crippen molar-refractivity contribution in [3.8, 4) is 11.4 Å². The molecule has 2 heterocycles. The van der Waals surface area contributed by atoms with Crippen molar-refractivity contribution >= 4 is 17.7 Å². The minimum atomic E-state index is -0.0905. The second-order valence-corrected chi connectivity index (χ2v) is 8.08. The second kappa shape index (κ2) is 9.21. The van der Waals surface area contributed by atoms with Gasteiger partial charge in [-0.15, -0.1) is 11.8 Å². The third-order valence-corrected chi connectivity index (χ3v) is 5.93. The third-order valence-electron chi connectivity index (χ3n) is 4.81. The van der Waals surface area contributed by atoms with Gasteiger partial charge in [0.15, 0.2) is 0 Å². The molecule has 1 aliphatic heterocycles. The Morgan fingerprint density at radius 2 is 1.88 bits per heavy atom. The van der Waals surface area contributed by atoms with Crippen molar-refractivity contribution in [2.45, 2.75) is 57.0 Å². The summed E-state index contributed by atoms with van der Waals surface area (Å²) in [5.74, 6) is 1.96. The highest BCUT2D eigenvalue weighted by Gasteiger charge is 2.22. The van der Waals surface area contributed by atoms with Gasteiger partial charge < -0.3 is 9.42 Å². The quantitative estimate of drug-likeness (QED) is 0.754. The maximum Gasteiger partial charge on any atom is 0.236 e. The number of carbonyl (C=O) groups is 1. The molecule has 0 aliphatic carbocycles. The van der Waals surface area contributed by atoms with Gasteiger partial charge in [-0.05, 0) is 31.7 Å². The molecule has 5 nitrogen and oxygen atoms in total. The van der Waals surface area contributed by atoms with Gasteiger partial charge >= 0.3 is 0 Å². The summed E-state index contributed by atoms with van der Waals surface area (Å²) in [6, 6.07) is 8.21. The van der Waals surface area contributed by atoms with E-state index in [4.69, 9.17) is 4.52 Å². The van der Waals surface area contributed by atoms with Gasteiger partial charge in [-0.2, -0.15) is 4.98 Å². The van der Waals surface area contributed by atoms with E-state index in [0.717, 1.165) is 37.9 Å². The first-order chi connectivity index (χ1) is 12.7. The minimum Gasteiger partial charge on any atom is -0.342 e. The van der Waals surface area contributed by atoms with E-state index in [2.05, 4.69) is 29.2 Å². The van der Waals surface area contributed by atoms with Crippen molar-refractivity contribution < 1.29 is 9.32 Å². The van der Waals surface area contributed by atoms with Crippen LogP contribution in [-0.2, 0) is 17.0 Å². The van der Waals surface area contributed by atoms with Crippen molar-refractivity contribution in [1.29, 1.82) is 0 Å². The average molecular weight is 374 g/mol. The lowest BCUT2D eigenvalue weighted by atomic mass is 10.1. The molecule has 3 rings (SSSR count). The number of carbonyl (C=O) groups excluding carboxylic acids is 1. The minimum absolute atomic E-state index is 0.0905. The molecule has 0 bridgehead atoms. The molecule has 1 aliphatic rings. The van der Waals surface area contributed by atoms with E-state index < -0.39 is 0 Å². The molecule has 2 aromatic rings. The number of rotatable bonds is 6. The summed E-state index contributed by atoms with van der Waals surface area (Å²) in [7, 11) is 0. The lowest BCUT2D eigenvalue weighted by Gasteiger charge is -2.23. The van der Waals surface area contributed by atoms with Crippen LogP contribution in [0.4, 0.5) is 0 Å². The van der Waals surface area contributed by atoms with Crippen molar-refractivity contribution in [1.82, 2.24) is 15.0 Å². The topological polar surface area (TPSA) is 59.2 Å². The number of nitrogens with zero attached hydrogens (tertiary/aromatic N) is 3. The van der Waals surface area contributed by atoms with E-state index in [9.17, 15) is 4.79 Å². The predicted molar refractivity (Wildman–Crippen MR) is 105 cm³/mol. The molecule has 0 radical (unpaired) electrons. The van der Waals surface area contributed by atoms with Crippen LogP contribution < -0.4 is 0 Å². The van der Waals surface area contributed by atoms with Crippen LogP contribution in [0.15, 0.2) is 28.8 Å². The first-order valence-electron chi connectivity index (χ1n) is 9.49. The smallest absolute Gasteiger partial charge is 0.236 e. The SMILES string of the molecule is CCc1ccc(-c2noc(CSC(C)C(=O)N3CCCCCC3)n2)cc1. The number of hydrogen-bond donors (Lipinski definition) is 0. The Balaban J connectivity index is 1.54. The Morgan fingerprint density at radius 1 is 1.19 bits per heavy atom. The molecule has 1 amide bonds. The Kier molecular flexibility index (Phi) is 6.72. The summed E-state index contributed by atoms with van der Waals surface area (Å²) in [6.45, 7) is 5.88. The van der Waals surface area contributed by atoms with Crippen LogP contribution in [0.2, 0.25) is 0 Å². The molecule has 1 aromatic carbocycles. The molecular formula is C20H27N3O2S. The Labute approximate surface area is 159 Å². The Bertz CT molecular complexity index is 706. The molecule has 1 aromatic heterocycles. The number of aromatic nitrogens is 2. The van der Waals surface area contributed by atoms with E-state index in [1.165, 1.54) is 18.4 Å². The fourth-order valence-corrected chi connectivity index (χ4v) is 3.94. The molecule has 1 unspecified atom stereocenters. The zero-order chi connectivity index (χ0) is 18.4. The van der Waals surface area contributed by atoms with Crippen LogP contribution >= 0.6 is 11.8 Å². The summed E-state index contributed by atoms with van der Waals surface area (Å²) in [6.07, 6.45) is 5.71. The van der Waals surface area contributed by atoms with E-state index >= 15 is 0 Å². The van der Waals surface area contributed by atoms with Crippen LogP contribution in [0.25, 0.3) is 11.4 Å².